The number of halogens is 1. The van der Waals surface area contributed by atoms with Crippen LogP contribution in [0.2, 0.25) is 0 Å². The van der Waals surface area contributed by atoms with Crippen molar-refractivity contribution in [3.8, 4) is 5.75 Å². The Balaban J connectivity index is 2.32. The zero-order valence-electron chi connectivity index (χ0n) is 11.9. The highest BCUT2D eigenvalue weighted by molar-refractivity contribution is 5.34. The van der Waals surface area contributed by atoms with Crippen LogP contribution in [0.4, 0.5) is 4.39 Å². The molecule has 1 aromatic heterocycles. The van der Waals surface area contributed by atoms with Crippen molar-refractivity contribution in [1.29, 1.82) is 0 Å². The minimum absolute atomic E-state index is 0.0919. The molecule has 1 heterocycles. The smallest absolute Gasteiger partial charge is 0.138 e. The Labute approximate surface area is 118 Å². The molecule has 0 amide bonds. The summed E-state index contributed by atoms with van der Waals surface area (Å²) in [5.74, 6) is 0.472. The molecule has 0 aliphatic carbocycles. The van der Waals surface area contributed by atoms with Crippen LogP contribution < -0.4 is 10.1 Å². The number of benzene rings is 1. The monoisotopic (exact) mass is 274 g/mol. The van der Waals surface area contributed by atoms with Gasteiger partial charge < -0.3 is 10.1 Å². The summed E-state index contributed by atoms with van der Waals surface area (Å²) in [6.07, 6.45) is 3.54. The van der Waals surface area contributed by atoms with E-state index in [1.807, 2.05) is 33.0 Å². The largest absolute Gasteiger partial charge is 0.489 e. The van der Waals surface area contributed by atoms with Crippen molar-refractivity contribution in [1.82, 2.24) is 10.3 Å². The van der Waals surface area contributed by atoms with E-state index in [-0.39, 0.29) is 18.0 Å². The van der Waals surface area contributed by atoms with Crippen molar-refractivity contribution >= 4 is 0 Å². The lowest BCUT2D eigenvalue weighted by Crippen LogP contribution is -2.18. The number of rotatable bonds is 5. The molecule has 0 spiro atoms. The molecule has 2 aromatic rings. The molecule has 2 rings (SSSR count). The van der Waals surface area contributed by atoms with E-state index in [9.17, 15) is 4.39 Å². The lowest BCUT2D eigenvalue weighted by atomic mass is 10.0. The zero-order valence-corrected chi connectivity index (χ0v) is 11.9. The first-order chi connectivity index (χ1) is 9.60. The maximum absolute atomic E-state index is 13.4. The normalized spacial score (nSPS) is 12.4. The number of hydrogen-bond donors (Lipinski definition) is 1. The minimum atomic E-state index is -0.245. The fourth-order valence-electron chi connectivity index (χ4n) is 2.14. The maximum Gasteiger partial charge on any atom is 0.138 e. The summed E-state index contributed by atoms with van der Waals surface area (Å²) in [5, 5.41) is 3.18. The number of pyridine rings is 1. The van der Waals surface area contributed by atoms with Gasteiger partial charge in [-0.05, 0) is 50.2 Å². The van der Waals surface area contributed by atoms with E-state index in [1.165, 1.54) is 12.1 Å². The van der Waals surface area contributed by atoms with Crippen molar-refractivity contribution in [3.05, 3.63) is 59.7 Å². The highest BCUT2D eigenvalue weighted by Gasteiger charge is 2.14. The van der Waals surface area contributed by atoms with Crippen LogP contribution in [-0.2, 0) is 0 Å². The van der Waals surface area contributed by atoms with Gasteiger partial charge in [-0.25, -0.2) is 4.39 Å². The van der Waals surface area contributed by atoms with Gasteiger partial charge in [0.2, 0.25) is 0 Å². The van der Waals surface area contributed by atoms with Crippen molar-refractivity contribution < 1.29 is 9.13 Å². The fourth-order valence-corrected chi connectivity index (χ4v) is 2.14. The molecule has 106 valence electrons. The zero-order chi connectivity index (χ0) is 14.5. The highest BCUT2D eigenvalue weighted by Crippen LogP contribution is 2.24. The minimum Gasteiger partial charge on any atom is -0.489 e. The average Bonchev–Trinajstić information content (AvgIpc) is 2.39. The van der Waals surface area contributed by atoms with E-state index in [0.717, 1.165) is 11.1 Å². The molecular formula is C16H19FN2O. The number of hydrogen-bond acceptors (Lipinski definition) is 3. The van der Waals surface area contributed by atoms with Gasteiger partial charge in [0.25, 0.3) is 0 Å². The topological polar surface area (TPSA) is 34.2 Å². The van der Waals surface area contributed by atoms with Gasteiger partial charge in [0.1, 0.15) is 11.6 Å². The predicted molar refractivity (Wildman–Crippen MR) is 77.3 cm³/mol. The van der Waals surface area contributed by atoms with E-state index in [2.05, 4.69) is 10.3 Å². The summed E-state index contributed by atoms with van der Waals surface area (Å²) < 4.78 is 19.0. The van der Waals surface area contributed by atoms with Gasteiger partial charge in [-0.3, -0.25) is 4.98 Å². The third kappa shape index (κ3) is 3.54. The molecule has 1 N–H and O–H groups in total. The number of nitrogens with one attached hydrogen (secondary N) is 1. The number of ether oxygens (including phenoxy) is 1. The van der Waals surface area contributed by atoms with Crippen LogP contribution >= 0.6 is 0 Å². The van der Waals surface area contributed by atoms with Crippen molar-refractivity contribution in [2.75, 3.05) is 7.05 Å². The van der Waals surface area contributed by atoms with E-state index in [0.29, 0.717) is 5.75 Å². The van der Waals surface area contributed by atoms with E-state index in [1.54, 1.807) is 18.5 Å². The molecule has 1 atom stereocenters. The second-order valence-electron chi connectivity index (χ2n) is 4.90. The molecule has 0 radical (unpaired) electrons. The van der Waals surface area contributed by atoms with E-state index in [4.69, 9.17) is 4.74 Å². The van der Waals surface area contributed by atoms with Gasteiger partial charge in [-0.1, -0.05) is 12.1 Å². The van der Waals surface area contributed by atoms with Crippen molar-refractivity contribution in [2.45, 2.75) is 26.0 Å². The highest BCUT2D eigenvalue weighted by atomic mass is 19.1. The summed E-state index contributed by atoms with van der Waals surface area (Å²) in [7, 11) is 1.84. The average molecular weight is 274 g/mol. The Morgan fingerprint density at radius 3 is 2.60 bits per heavy atom. The summed E-state index contributed by atoms with van der Waals surface area (Å²) in [4.78, 5) is 4.20. The van der Waals surface area contributed by atoms with Crippen molar-refractivity contribution in [2.24, 2.45) is 0 Å². The summed E-state index contributed by atoms with van der Waals surface area (Å²) in [6, 6.07) is 8.37. The second kappa shape index (κ2) is 6.48. The lowest BCUT2D eigenvalue weighted by molar-refractivity contribution is 0.241. The Bertz CT molecular complexity index is 572. The molecule has 0 aliphatic heterocycles. The van der Waals surface area contributed by atoms with E-state index < -0.39 is 0 Å². The van der Waals surface area contributed by atoms with Crippen LogP contribution in [0.25, 0.3) is 0 Å². The van der Waals surface area contributed by atoms with Crippen LogP contribution in [-0.4, -0.2) is 18.1 Å². The molecule has 1 aromatic carbocycles. The fraction of sp³-hybridized carbons (Fsp3) is 0.312. The van der Waals surface area contributed by atoms with Crippen LogP contribution in [0.15, 0.2) is 42.7 Å². The van der Waals surface area contributed by atoms with Crippen LogP contribution in [0.5, 0.6) is 5.75 Å². The molecule has 20 heavy (non-hydrogen) atoms. The summed E-state index contributed by atoms with van der Waals surface area (Å²) >= 11 is 0. The summed E-state index contributed by atoms with van der Waals surface area (Å²) in [5.41, 5.74) is 1.80. The van der Waals surface area contributed by atoms with E-state index >= 15 is 0 Å². The standard InChI is InChI=1S/C16H19FN2O/c1-11(2)20-15-8-13(9-19-10-15)16(18-3)12-5-4-6-14(17)7-12/h4-11,16,18H,1-3H3. The van der Waals surface area contributed by atoms with Gasteiger partial charge in [0.05, 0.1) is 18.3 Å². The quantitative estimate of drug-likeness (QED) is 0.908. The molecule has 3 nitrogen and oxygen atoms in total. The summed E-state index contributed by atoms with van der Waals surface area (Å²) in [6.45, 7) is 3.93. The van der Waals surface area contributed by atoms with Gasteiger partial charge >= 0.3 is 0 Å². The molecule has 0 saturated carbocycles. The SMILES string of the molecule is CNC(c1cccc(F)c1)c1cncc(OC(C)C)c1. The lowest BCUT2D eigenvalue weighted by Gasteiger charge is -2.18. The van der Waals surface area contributed by atoms with Crippen LogP contribution in [0.3, 0.4) is 0 Å². The molecule has 0 saturated heterocycles. The molecule has 0 aliphatic rings. The number of nitrogens with zero attached hydrogens (tertiary/aromatic N) is 1. The first kappa shape index (κ1) is 14.5. The molecular weight excluding hydrogens is 255 g/mol. The van der Waals surface area contributed by atoms with Crippen molar-refractivity contribution in [3.63, 3.8) is 0 Å². The third-order valence-electron chi connectivity index (χ3n) is 2.91. The maximum atomic E-state index is 13.4. The Morgan fingerprint density at radius 2 is 1.95 bits per heavy atom. The van der Waals surface area contributed by atoms with Crippen LogP contribution in [0.1, 0.15) is 31.0 Å². The Hall–Kier alpha value is -1.94. The van der Waals surface area contributed by atoms with Gasteiger partial charge in [-0.2, -0.15) is 0 Å². The van der Waals surface area contributed by atoms with Crippen LogP contribution in [0, 0.1) is 5.82 Å². The molecule has 1 unspecified atom stereocenters. The molecule has 0 fully saturated rings. The van der Waals surface area contributed by atoms with Gasteiger partial charge in [-0.15, -0.1) is 0 Å². The number of aromatic nitrogens is 1. The predicted octanol–water partition coefficient (Wildman–Crippen LogP) is 3.32. The second-order valence-corrected chi connectivity index (χ2v) is 4.90. The first-order valence-corrected chi connectivity index (χ1v) is 6.64. The molecule has 4 heteroatoms. The Kier molecular flexibility index (Phi) is 4.69. The third-order valence-corrected chi connectivity index (χ3v) is 2.91. The van der Waals surface area contributed by atoms with Gasteiger partial charge in [0, 0.05) is 6.20 Å². The first-order valence-electron chi connectivity index (χ1n) is 6.64. The van der Waals surface area contributed by atoms with Gasteiger partial charge in [0.15, 0.2) is 0 Å². The molecule has 0 bridgehead atoms. The Morgan fingerprint density at radius 1 is 1.15 bits per heavy atom.